The van der Waals surface area contributed by atoms with Crippen LogP contribution in [0.5, 0.6) is 0 Å². The third-order valence-corrected chi connectivity index (χ3v) is 2.47. The SMILES string of the molecule is CNc1ncnc(N(C)CCO)c1C(C)C. The molecule has 0 amide bonds. The third-order valence-electron chi connectivity index (χ3n) is 2.47. The summed E-state index contributed by atoms with van der Waals surface area (Å²) in [4.78, 5) is 10.4. The second-order valence-electron chi connectivity index (χ2n) is 4.01. The van der Waals surface area contributed by atoms with E-state index in [0.29, 0.717) is 12.5 Å². The molecule has 2 N–H and O–H groups in total. The molecule has 5 heteroatoms. The molecule has 16 heavy (non-hydrogen) atoms. The van der Waals surface area contributed by atoms with Gasteiger partial charge < -0.3 is 15.3 Å². The first-order valence-electron chi connectivity index (χ1n) is 5.46. The Morgan fingerprint density at radius 3 is 2.62 bits per heavy atom. The number of hydrogen-bond donors (Lipinski definition) is 2. The minimum absolute atomic E-state index is 0.118. The van der Waals surface area contributed by atoms with Crippen LogP contribution in [0.25, 0.3) is 0 Å². The molecule has 90 valence electrons. The zero-order valence-corrected chi connectivity index (χ0v) is 10.4. The average molecular weight is 224 g/mol. The maximum absolute atomic E-state index is 8.95. The third kappa shape index (κ3) is 2.61. The quantitative estimate of drug-likeness (QED) is 0.783. The van der Waals surface area contributed by atoms with Crippen molar-refractivity contribution in [1.82, 2.24) is 9.97 Å². The van der Waals surface area contributed by atoms with Gasteiger partial charge in [-0.05, 0) is 5.92 Å². The number of aliphatic hydroxyl groups excluding tert-OH is 1. The molecule has 1 heterocycles. The standard InChI is InChI=1S/C11H20N4O/c1-8(2)9-10(12-3)13-7-14-11(9)15(4)5-6-16/h7-8,16H,5-6H2,1-4H3,(H,12,13,14). The molecule has 0 aliphatic carbocycles. The maximum Gasteiger partial charge on any atom is 0.137 e. The van der Waals surface area contributed by atoms with Crippen LogP contribution in [0.2, 0.25) is 0 Å². The van der Waals surface area contributed by atoms with Gasteiger partial charge in [0.1, 0.15) is 18.0 Å². The fourth-order valence-corrected chi connectivity index (χ4v) is 1.68. The summed E-state index contributed by atoms with van der Waals surface area (Å²) in [7, 11) is 3.77. The smallest absolute Gasteiger partial charge is 0.137 e. The number of likely N-dealkylation sites (N-methyl/N-ethyl adjacent to an activating group) is 1. The molecule has 0 unspecified atom stereocenters. The highest BCUT2D eigenvalue weighted by molar-refractivity contribution is 5.59. The van der Waals surface area contributed by atoms with Crippen LogP contribution in [0.4, 0.5) is 11.6 Å². The number of aromatic nitrogens is 2. The van der Waals surface area contributed by atoms with Crippen LogP contribution in [-0.4, -0.2) is 42.3 Å². The topological polar surface area (TPSA) is 61.3 Å². The van der Waals surface area contributed by atoms with E-state index >= 15 is 0 Å². The van der Waals surface area contributed by atoms with Crippen molar-refractivity contribution in [2.75, 3.05) is 37.5 Å². The molecule has 0 spiro atoms. The first-order chi connectivity index (χ1) is 7.61. The lowest BCUT2D eigenvalue weighted by molar-refractivity contribution is 0.303. The van der Waals surface area contributed by atoms with Crippen LogP contribution < -0.4 is 10.2 Å². The Labute approximate surface area is 96.5 Å². The van der Waals surface area contributed by atoms with E-state index in [-0.39, 0.29) is 6.61 Å². The molecule has 1 aromatic rings. The van der Waals surface area contributed by atoms with Crippen molar-refractivity contribution in [2.24, 2.45) is 0 Å². The Balaban J connectivity index is 3.16. The van der Waals surface area contributed by atoms with Gasteiger partial charge in [-0.25, -0.2) is 9.97 Å². The van der Waals surface area contributed by atoms with Gasteiger partial charge in [0.05, 0.1) is 6.61 Å². The summed E-state index contributed by atoms with van der Waals surface area (Å²) >= 11 is 0. The average Bonchev–Trinajstić information content (AvgIpc) is 2.28. The van der Waals surface area contributed by atoms with Crippen LogP contribution in [0, 0.1) is 0 Å². The van der Waals surface area contributed by atoms with Gasteiger partial charge in [-0.15, -0.1) is 0 Å². The van der Waals surface area contributed by atoms with Crippen molar-refractivity contribution in [1.29, 1.82) is 0 Å². The van der Waals surface area contributed by atoms with Gasteiger partial charge in [-0.2, -0.15) is 0 Å². The molecule has 0 aliphatic rings. The summed E-state index contributed by atoms with van der Waals surface area (Å²) in [5, 5.41) is 12.0. The van der Waals surface area contributed by atoms with Crippen LogP contribution in [0.3, 0.4) is 0 Å². The minimum Gasteiger partial charge on any atom is -0.395 e. The Morgan fingerprint density at radius 1 is 1.44 bits per heavy atom. The van der Waals surface area contributed by atoms with E-state index in [1.807, 2.05) is 19.0 Å². The lowest BCUT2D eigenvalue weighted by atomic mass is 10.0. The Bertz CT molecular complexity index is 341. The van der Waals surface area contributed by atoms with Crippen molar-refractivity contribution in [3.8, 4) is 0 Å². The van der Waals surface area contributed by atoms with Gasteiger partial charge in [-0.1, -0.05) is 13.8 Å². The number of rotatable bonds is 5. The number of nitrogens with one attached hydrogen (secondary N) is 1. The molecule has 0 aromatic carbocycles. The lowest BCUT2D eigenvalue weighted by Gasteiger charge is -2.23. The minimum atomic E-state index is 0.118. The molecule has 5 nitrogen and oxygen atoms in total. The molecule has 1 rings (SSSR count). The van der Waals surface area contributed by atoms with Gasteiger partial charge in [0.25, 0.3) is 0 Å². The molecule has 0 atom stereocenters. The lowest BCUT2D eigenvalue weighted by Crippen LogP contribution is -2.24. The Kier molecular flexibility index (Phi) is 4.49. The van der Waals surface area contributed by atoms with E-state index in [0.717, 1.165) is 17.2 Å². The van der Waals surface area contributed by atoms with Crippen molar-refractivity contribution in [3.05, 3.63) is 11.9 Å². The van der Waals surface area contributed by atoms with Crippen molar-refractivity contribution in [2.45, 2.75) is 19.8 Å². The molecule has 0 fully saturated rings. The number of anilines is 2. The van der Waals surface area contributed by atoms with Crippen LogP contribution >= 0.6 is 0 Å². The number of aliphatic hydroxyl groups is 1. The molecule has 1 aromatic heterocycles. The predicted octanol–water partition coefficient (Wildman–Crippen LogP) is 1.07. The predicted molar refractivity (Wildman–Crippen MR) is 66.0 cm³/mol. The zero-order valence-electron chi connectivity index (χ0n) is 10.4. The van der Waals surface area contributed by atoms with Crippen molar-refractivity contribution < 1.29 is 5.11 Å². The molecular weight excluding hydrogens is 204 g/mol. The highest BCUT2D eigenvalue weighted by Crippen LogP contribution is 2.29. The van der Waals surface area contributed by atoms with E-state index in [1.54, 1.807) is 6.33 Å². The molecular formula is C11H20N4O. The van der Waals surface area contributed by atoms with Gasteiger partial charge in [0.15, 0.2) is 0 Å². The fourth-order valence-electron chi connectivity index (χ4n) is 1.68. The van der Waals surface area contributed by atoms with Gasteiger partial charge in [0, 0.05) is 26.2 Å². The highest BCUT2D eigenvalue weighted by atomic mass is 16.3. The van der Waals surface area contributed by atoms with E-state index in [2.05, 4.69) is 29.1 Å². The molecule has 0 aliphatic heterocycles. The van der Waals surface area contributed by atoms with Crippen molar-refractivity contribution >= 4 is 11.6 Å². The maximum atomic E-state index is 8.95. The normalized spacial score (nSPS) is 10.6. The van der Waals surface area contributed by atoms with E-state index < -0.39 is 0 Å². The first-order valence-corrected chi connectivity index (χ1v) is 5.46. The summed E-state index contributed by atoms with van der Waals surface area (Å²) in [6.45, 7) is 4.90. The monoisotopic (exact) mass is 224 g/mol. The van der Waals surface area contributed by atoms with Crippen LogP contribution in [0.1, 0.15) is 25.3 Å². The summed E-state index contributed by atoms with van der Waals surface area (Å²) < 4.78 is 0. The second-order valence-corrected chi connectivity index (χ2v) is 4.01. The summed E-state index contributed by atoms with van der Waals surface area (Å²) in [5.74, 6) is 2.06. The van der Waals surface area contributed by atoms with E-state index in [9.17, 15) is 0 Å². The number of nitrogens with zero attached hydrogens (tertiary/aromatic N) is 3. The van der Waals surface area contributed by atoms with Gasteiger partial charge in [0.2, 0.25) is 0 Å². The Hall–Kier alpha value is -1.36. The summed E-state index contributed by atoms with van der Waals surface area (Å²) in [6, 6.07) is 0. The molecule has 0 saturated carbocycles. The van der Waals surface area contributed by atoms with Crippen LogP contribution in [0.15, 0.2) is 6.33 Å². The second kappa shape index (κ2) is 5.65. The van der Waals surface area contributed by atoms with E-state index in [1.165, 1.54) is 0 Å². The zero-order chi connectivity index (χ0) is 12.1. The van der Waals surface area contributed by atoms with E-state index in [4.69, 9.17) is 5.11 Å². The largest absolute Gasteiger partial charge is 0.395 e. The highest BCUT2D eigenvalue weighted by Gasteiger charge is 2.16. The summed E-state index contributed by atoms with van der Waals surface area (Å²) in [5.41, 5.74) is 1.08. The van der Waals surface area contributed by atoms with Crippen LogP contribution in [-0.2, 0) is 0 Å². The summed E-state index contributed by atoms with van der Waals surface area (Å²) in [6.07, 6.45) is 1.54. The first kappa shape index (κ1) is 12.7. The molecule has 0 radical (unpaired) electrons. The molecule has 0 bridgehead atoms. The fraction of sp³-hybridized carbons (Fsp3) is 0.636. The van der Waals surface area contributed by atoms with Crippen molar-refractivity contribution in [3.63, 3.8) is 0 Å². The van der Waals surface area contributed by atoms with Gasteiger partial charge >= 0.3 is 0 Å². The number of hydrogen-bond acceptors (Lipinski definition) is 5. The molecule has 0 saturated heterocycles. The Morgan fingerprint density at radius 2 is 2.12 bits per heavy atom. The van der Waals surface area contributed by atoms with Gasteiger partial charge in [-0.3, -0.25) is 0 Å².